The molecule has 0 aliphatic rings. The maximum Gasteiger partial charge on any atom is 0.269 e. The van der Waals surface area contributed by atoms with E-state index in [4.69, 9.17) is 13.0 Å². The van der Waals surface area contributed by atoms with Gasteiger partial charge in [0.15, 0.2) is 0 Å². The molecule has 136 valence electrons. The molecule has 4 aromatic rings. The van der Waals surface area contributed by atoms with E-state index in [0.717, 1.165) is 11.1 Å². The van der Waals surface area contributed by atoms with Gasteiger partial charge in [0, 0.05) is 16.0 Å². The predicted molar refractivity (Wildman–Crippen MR) is 113 cm³/mol. The summed E-state index contributed by atoms with van der Waals surface area (Å²) < 4.78 is 36.9. The molecule has 0 amide bonds. The van der Waals surface area contributed by atoms with Crippen molar-refractivity contribution in [3.63, 3.8) is 0 Å². The van der Waals surface area contributed by atoms with E-state index in [1.54, 1.807) is 30.3 Å². The number of halogens is 1. The fourth-order valence-corrected chi connectivity index (χ4v) is 5.87. The third kappa shape index (κ3) is 3.06. The minimum atomic E-state index is -3.88. The lowest BCUT2D eigenvalue weighted by Gasteiger charge is -2.12. The SMILES string of the molecule is [2H]c1cccc2c1c(-c1ccccc1)c(SC)n2S(=O)(=O)c1ccc(Cl)cc1. The molecule has 0 bridgehead atoms. The summed E-state index contributed by atoms with van der Waals surface area (Å²) in [6.45, 7) is 0. The van der Waals surface area contributed by atoms with Gasteiger partial charge in [0.25, 0.3) is 10.0 Å². The van der Waals surface area contributed by atoms with Crippen molar-refractivity contribution in [2.75, 3.05) is 6.26 Å². The molecule has 6 heteroatoms. The Morgan fingerprint density at radius 2 is 1.63 bits per heavy atom. The van der Waals surface area contributed by atoms with Gasteiger partial charge in [-0.15, -0.1) is 11.8 Å². The van der Waals surface area contributed by atoms with Crippen molar-refractivity contribution < 1.29 is 9.79 Å². The third-order valence-electron chi connectivity index (χ3n) is 4.31. The molecule has 1 heterocycles. The van der Waals surface area contributed by atoms with Crippen molar-refractivity contribution in [1.29, 1.82) is 0 Å². The Kier molecular flexibility index (Phi) is 4.44. The van der Waals surface area contributed by atoms with Crippen LogP contribution in [0.4, 0.5) is 0 Å². The van der Waals surface area contributed by atoms with Crippen molar-refractivity contribution in [2.24, 2.45) is 0 Å². The summed E-state index contributed by atoms with van der Waals surface area (Å²) in [6, 6.07) is 21.1. The standard InChI is InChI=1S/C21H16ClNO2S2/c1-26-21-20(15-7-3-2-4-8-15)18-9-5-6-10-19(18)23(21)27(24,25)17-13-11-16(22)12-14-17/h2-14H,1H3/i9D. The van der Waals surface area contributed by atoms with Crippen LogP contribution in [-0.2, 0) is 10.0 Å². The van der Waals surface area contributed by atoms with Crippen LogP contribution in [0.15, 0.2) is 88.8 Å². The van der Waals surface area contributed by atoms with Crippen molar-refractivity contribution in [3.8, 4) is 11.1 Å². The molecule has 0 N–H and O–H groups in total. The van der Waals surface area contributed by atoms with Gasteiger partial charge in [-0.05, 0) is 42.2 Å². The molecule has 0 aliphatic heterocycles. The highest BCUT2D eigenvalue weighted by molar-refractivity contribution is 7.99. The maximum absolute atomic E-state index is 13.5. The summed E-state index contributed by atoms with van der Waals surface area (Å²) in [7, 11) is -3.88. The summed E-state index contributed by atoms with van der Waals surface area (Å²) in [4.78, 5) is 0.152. The number of fused-ring (bicyclic) bond motifs is 1. The zero-order chi connectivity index (χ0) is 19.9. The molecule has 0 saturated heterocycles. The van der Waals surface area contributed by atoms with E-state index in [1.807, 2.05) is 36.6 Å². The van der Waals surface area contributed by atoms with Crippen molar-refractivity contribution in [3.05, 3.63) is 83.9 Å². The van der Waals surface area contributed by atoms with Crippen LogP contribution in [-0.4, -0.2) is 18.6 Å². The minimum Gasteiger partial charge on any atom is -0.227 e. The highest BCUT2D eigenvalue weighted by Gasteiger charge is 2.27. The monoisotopic (exact) mass is 414 g/mol. The number of hydrogen-bond donors (Lipinski definition) is 0. The van der Waals surface area contributed by atoms with Crippen LogP contribution in [0.2, 0.25) is 5.02 Å². The molecule has 0 radical (unpaired) electrons. The van der Waals surface area contributed by atoms with Gasteiger partial charge < -0.3 is 0 Å². The third-order valence-corrected chi connectivity index (χ3v) is 7.18. The van der Waals surface area contributed by atoms with E-state index in [-0.39, 0.29) is 10.9 Å². The Bertz CT molecular complexity index is 1270. The molecule has 0 spiro atoms. The number of rotatable bonds is 4. The van der Waals surface area contributed by atoms with Gasteiger partial charge in [-0.3, -0.25) is 0 Å². The number of aromatic nitrogens is 1. The lowest BCUT2D eigenvalue weighted by atomic mass is 10.1. The zero-order valence-corrected chi connectivity index (χ0v) is 16.8. The molecular weight excluding hydrogens is 398 g/mol. The Labute approximate surface area is 169 Å². The second-order valence-electron chi connectivity index (χ2n) is 5.90. The summed E-state index contributed by atoms with van der Waals surface area (Å²) >= 11 is 7.29. The topological polar surface area (TPSA) is 39.1 Å². The normalized spacial score (nSPS) is 12.3. The summed E-state index contributed by atoms with van der Waals surface area (Å²) in [5.41, 5.74) is 2.12. The van der Waals surface area contributed by atoms with E-state index in [1.165, 1.54) is 27.9 Å². The molecule has 4 rings (SSSR count). The largest absolute Gasteiger partial charge is 0.269 e. The van der Waals surface area contributed by atoms with Gasteiger partial charge in [0.1, 0.15) is 0 Å². The van der Waals surface area contributed by atoms with Crippen LogP contribution < -0.4 is 0 Å². The van der Waals surface area contributed by atoms with Crippen LogP contribution in [0.1, 0.15) is 1.37 Å². The molecule has 1 aromatic heterocycles. The van der Waals surface area contributed by atoms with Crippen LogP contribution in [0, 0.1) is 0 Å². The van der Waals surface area contributed by atoms with Gasteiger partial charge in [-0.1, -0.05) is 60.1 Å². The van der Waals surface area contributed by atoms with Crippen molar-refractivity contribution in [2.45, 2.75) is 9.92 Å². The summed E-state index contributed by atoms with van der Waals surface area (Å²) in [5, 5.41) is 1.67. The first-order valence-electron chi connectivity index (χ1n) is 8.69. The molecule has 0 saturated carbocycles. The first-order chi connectivity index (χ1) is 13.4. The van der Waals surface area contributed by atoms with Crippen LogP contribution >= 0.6 is 23.4 Å². The molecule has 0 aliphatic carbocycles. The molecule has 0 unspecified atom stereocenters. The Morgan fingerprint density at radius 1 is 0.963 bits per heavy atom. The molecular formula is C21H16ClNO2S2. The Morgan fingerprint density at radius 3 is 2.30 bits per heavy atom. The van der Waals surface area contributed by atoms with Gasteiger partial charge in [-0.2, -0.15) is 0 Å². The van der Waals surface area contributed by atoms with Crippen LogP contribution in [0.5, 0.6) is 0 Å². The van der Waals surface area contributed by atoms with Crippen molar-refractivity contribution >= 4 is 44.3 Å². The predicted octanol–water partition coefficient (Wildman–Crippen LogP) is 5.92. The first kappa shape index (κ1) is 16.9. The average Bonchev–Trinajstić information content (AvgIpc) is 3.05. The fourth-order valence-electron chi connectivity index (χ4n) is 3.12. The average molecular weight is 415 g/mol. The van der Waals surface area contributed by atoms with E-state index in [0.29, 0.717) is 21.0 Å². The maximum atomic E-state index is 13.5. The lowest BCUT2D eigenvalue weighted by Crippen LogP contribution is -2.13. The minimum absolute atomic E-state index is 0.152. The van der Waals surface area contributed by atoms with E-state index < -0.39 is 10.0 Å². The first-order valence-corrected chi connectivity index (χ1v) is 11.2. The summed E-state index contributed by atoms with van der Waals surface area (Å²) in [5.74, 6) is 0. The number of nitrogens with zero attached hydrogens (tertiary/aromatic N) is 1. The number of thioether (sulfide) groups is 1. The molecule has 27 heavy (non-hydrogen) atoms. The highest BCUT2D eigenvalue weighted by atomic mass is 35.5. The van der Waals surface area contributed by atoms with E-state index in [9.17, 15) is 8.42 Å². The second-order valence-corrected chi connectivity index (χ2v) is 8.92. The number of para-hydroxylation sites is 1. The number of benzene rings is 3. The summed E-state index contributed by atoms with van der Waals surface area (Å²) in [6.07, 6.45) is 1.85. The van der Waals surface area contributed by atoms with Gasteiger partial charge in [-0.25, -0.2) is 12.4 Å². The Balaban J connectivity index is 2.13. The molecule has 3 nitrogen and oxygen atoms in total. The van der Waals surface area contributed by atoms with E-state index in [2.05, 4.69) is 0 Å². The zero-order valence-electron chi connectivity index (χ0n) is 15.4. The fraction of sp³-hybridized carbons (Fsp3) is 0.0476. The van der Waals surface area contributed by atoms with Gasteiger partial charge >= 0.3 is 0 Å². The van der Waals surface area contributed by atoms with Gasteiger partial charge in [0.2, 0.25) is 0 Å². The molecule has 0 fully saturated rings. The quantitative estimate of drug-likeness (QED) is 0.389. The second kappa shape index (κ2) is 7.08. The lowest BCUT2D eigenvalue weighted by molar-refractivity contribution is 0.585. The molecule has 0 atom stereocenters. The van der Waals surface area contributed by atoms with Gasteiger partial charge in [0.05, 0.1) is 16.8 Å². The van der Waals surface area contributed by atoms with Crippen LogP contribution in [0.25, 0.3) is 22.0 Å². The smallest absolute Gasteiger partial charge is 0.227 e. The number of hydrogen-bond acceptors (Lipinski definition) is 3. The Hall–Kier alpha value is -2.21. The highest BCUT2D eigenvalue weighted by Crippen LogP contribution is 2.41. The van der Waals surface area contributed by atoms with Crippen LogP contribution in [0.3, 0.4) is 0 Å². The molecule has 3 aromatic carbocycles. The van der Waals surface area contributed by atoms with Crippen molar-refractivity contribution in [1.82, 2.24) is 3.97 Å². The van der Waals surface area contributed by atoms with E-state index >= 15 is 0 Å².